The number of carbonyl (C=O) groups is 2. The van der Waals surface area contributed by atoms with Crippen LogP contribution in [0.1, 0.15) is 40.3 Å². The van der Waals surface area contributed by atoms with E-state index in [-0.39, 0.29) is 17.4 Å². The van der Waals surface area contributed by atoms with Gasteiger partial charge in [-0.2, -0.15) is 0 Å². The lowest BCUT2D eigenvalue weighted by Crippen LogP contribution is -2.35. The minimum Gasteiger partial charge on any atom is -0.476 e. The van der Waals surface area contributed by atoms with Gasteiger partial charge >= 0.3 is 5.97 Å². The van der Waals surface area contributed by atoms with Gasteiger partial charge in [0.15, 0.2) is 5.69 Å². The number of carboxylic acid groups (broad SMARTS) is 1. The van der Waals surface area contributed by atoms with Gasteiger partial charge < -0.3 is 14.5 Å². The molecule has 2 heterocycles. The van der Waals surface area contributed by atoms with E-state index in [1.54, 1.807) is 4.90 Å². The zero-order valence-electron chi connectivity index (χ0n) is 8.68. The molecule has 1 aromatic rings. The Balaban J connectivity index is 2.10. The molecule has 86 valence electrons. The van der Waals surface area contributed by atoms with Gasteiger partial charge in [0.25, 0.3) is 5.91 Å². The summed E-state index contributed by atoms with van der Waals surface area (Å²) in [5.74, 6) is -1.47. The molecule has 0 unspecified atom stereocenters. The van der Waals surface area contributed by atoms with Crippen LogP contribution in [0.25, 0.3) is 0 Å². The Morgan fingerprint density at radius 1 is 1.31 bits per heavy atom. The fraction of sp³-hybridized carbons (Fsp3) is 0.500. The quantitative estimate of drug-likeness (QED) is 0.810. The topological polar surface area (TPSA) is 83.6 Å². The third-order valence-electron chi connectivity index (χ3n) is 2.58. The second-order valence-corrected chi connectivity index (χ2v) is 3.73. The molecule has 0 aliphatic carbocycles. The van der Waals surface area contributed by atoms with E-state index in [1.807, 2.05) is 0 Å². The molecule has 0 spiro atoms. The summed E-state index contributed by atoms with van der Waals surface area (Å²) >= 11 is 0. The van der Waals surface area contributed by atoms with Crippen molar-refractivity contribution in [3.05, 3.63) is 17.5 Å². The summed E-state index contributed by atoms with van der Waals surface area (Å²) in [7, 11) is 0. The normalized spacial score (nSPS) is 16.1. The molecule has 0 atom stereocenters. The number of carboxylic acids is 1. The summed E-state index contributed by atoms with van der Waals surface area (Å²) in [5, 5.41) is 12.0. The van der Waals surface area contributed by atoms with Crippen molar-refractivity contribution in [3.8, 4) is 0 Å². The predicted molar refractivity (Wildman–Crippen MR) is 53.2 cm³/mol. The third-order valence-corrected chi connectivity index (χ3v) is 2.58. The Morgan fingerprint density at radius 3 is 2.56 bits per heavy atom. The van der Waals surface area contributed by atoms with Gasteiger partial charge in [-0.3, -0.25) is 4.79 Å². The van der Waals surface area contributed by atoms with Crippen molar-refractivity contribution in [3.63, 3.8) is 0 Å². The van der Waals surface area contributed by atoms with E-state index in [0.29, 0.717) is 13.1 Å². The first-order chi connectivity index (χ1) is 7.68. The summed E-state index contributed by atoms with van der Waals surface area (Å²) in [6.45, 7) is 1.39. The van der Waals surface area contributed by atoms with Crippen LogP contribution < -0.4 is 0 Å². The summed E-state index contributed by atoms with van der Waals surface area (Å²) in [4.78, 5) is 24.1. The van der Waals surface area contributed by atoms with Gasteiger partial charge in [-0.15, -0.1) is 0 Å². The van der Waals surface area contributed by atoms with Crippen LogP contribution in [0.2, 0.25) is 0 Å². The van der Waals surface area contributed by atoms with Crippen LogP contribution in [0.5, 0.6) is 0 Å². The molecule has 0 radical (unpaired) electrons. The maximum Gasteiger partial charge on any atom is 0.358 e. The van der Waals surface area contributed by atoms with Crippen LogP contribution in [-0.2, 0) is 0 Å². The molecule has 0 aromatic carbocycles. The lowest BCUT2D eigenvalue weighted by atomic mass is 10.1. The molecular formula is C10H12N2O4. The third kappa shape index (κ3) is 2.05. The van der Waals surface area contributed by atoms with Crippen LogP contribution >= 0.6 is 0 Å². The summed E-state index contributed by atoms with van der Waals surface area (Å²) in [6, 6.07) is 1.17. The lowest BCUT2D eigenvalue weighted by molar-refractivity contribution is 0.0665. The summed E-state index contributed by atoms with van der Waals surface area (Å²) < 4.78 is 4.72. The lowest BCUT2D eigenvalue weighted by Gasteiger charge is -2.25. The monoisotopic (exact) mass is 224 g/mol. The van der Waals surface area contributed by atoms with Crippen molar-refractivity contribution < 1.29 is 19.2 Å². The molecule has 16 heavy (non-hydrogen) atoms. The highest BCUT2D eigenvalue weighted by Crippen LogP contribution is 2.13. The fourth-order valence-corrected chi connectivity index (χ4v) is 1.73. The average molecular weight is 224 g/mol. The number of amides is 1. The molecule has 0 saturated carbocycles. The second-order valence-electron chi connectivity index (χ2n) is 3.73. The Kier molecular flexibility index (Phi) is 2.89. The number of likely N-dealkylation sites (tertiary alicyclic amines) is 1. The fourth-order valence-electron chi connectivity index (χ4n) is 1.73. The molecule has 1 fully saturated rings. The van der Waals surface area contributed by atoms with Crippen molar-refractivity contribution >= 4 is 11.9 Å². The van der Waals surface area contributed by atoms with E-state index >= 15 is 0 Å². The molecule has 1 N–H and O–H groups in total. The molecule has 1 amide bonds. The second kappa shape index (κ2) is 4.34. The Morgan fingerprint density at radius 2 is 2.00 bits per heavy atom. The van der Waals surface area contributed by atoms with E-state index < -0.39 is 5.97 Å². The van der Waals surface area contributed by atoms with Crippen LogP contribution in [0.4, 0.5) is 0 Å². The van der Waals surface area contributed by atoms with Gasteiger partial charge in [0.1, 0.15) is 0 Å². The van der Waals surface area contributed by atoms with Crippen molar-refractivity contribution in [2.75, 3.05) is 13.1 Å². The average Bonchev–Trinajstić information content (AvgIpc) is 2.78. The largest absolute Gasteiger partial charge is 0.476 e. The van der Waals surface area contributed by atoms with Crippen molar-refractivity contribution in [1.29, 1.82) is 0 Å². The predicted octanol–water partition coefficient (Wildman–Crippen LogP) is 0.999. The van der Waals surface area contributed by atoms with Crippen LogP contribution in [0, 0.1) is 0 Å². The number of hydrogen-bond donors (Lipinski definition) is 1. The maximum absolute atomic E-state index is 11.8. The van der Waals surface area contributed by atoms with Gasteiger partial charge in [0.05, 0.1) is 0 Å². The SMILES string of the molecule is O=C(O)c1cc(C(=O)N2CCCCC2)on1. The van der Waals surface area contributed by atoms with Gasteiger partial charge in [-0.05, 0) is 19.3 Å². The van der Waals surface area contributed by atoms with Crippen molar-refractivity contribution in [2.45, 2.75) is 19.3 Å². The van der Waals surface area contributed by atoms with E-state index in [0.717, 1.165) is 19.3 Å². The number of nitrogens with zero attached hydrogens (tertiary/aromatic N) is 2. The zero-order chi connectivity index (χ0) is 11.5. The van der Waals surface area contributed by atoms with E-state index in [1.165, 1.54) is 6.07 Å². The van der Waals surface area contributed by atoms with E-state index in [2.05, 4.69) is 5.16 Å². The molecule has 2 rings (SSSR count). The van der Waals surface area contributed by atoms with Crippen LogP contribution in [0.3, 0.4) is 0 Å². The smallest absolute Gasteiger partial charge is 0.358 e. The maximum atomic E-state index is 11.8. The highest BCUT2D eigenvalue weighted by Gasteiger charge is 2.23. The molecule has 1 aromatic heterocycles. The Hall–Kier alpha value is -1.85. The first kappa shape index (κ1) is 10.7. The van der Waals surface area contributed by atoms with Crippen LogP contribution in [-0.4, -0.2) is 40.1 Å². The number of piperidine rings is 1. The molecule has 0 bridgehead atoms. The number of rotatable bonds is 2. The van der Waals surface area contributed by atoms with Crippen molar-refractivity contribution in [1.82, 2.24) is 10.1 Å². The van der Waals surface area contributed by atoms with E-state index in [9.17, 15) is 9.59 Å². The number of aromatic nitrogens is 1. The van der Waals surface area contributed by atoms with Crippen molar-refractivity contribution in [2.24, 2.45) is 0 Å². The Bertz CT molecular complexity index is 407. The van der Waals surface area contributed by atoms with Crippen LogP contribution in [0.15, 0.2) is 10.6 Å². The standard InChI is InChI=1S/C10H12N2O4/c13-9(12-4-2-1-3-5-12)8-6-7(10(14)15)11-16-8/h6H,1-5H2,(H,14,15). The summed E-state index contributed by atoms with van der Waals surface area (Å²) in [6.07, 6.45) is 3.08. The highest BCUT2D eigenvalue weighted by molar-refractivity contribution is 5.94. The molecule has 1 saturated heterocycles. The number of hydrogen-bond acceptors (Lipinski definition) is 4. The first-order valence-electron chi connectivity index (χ1n) is 5.18. The summed E-state index contributed by atoms with van der Waals surface area (Å²) in [5.41, 5.74) is -0.236. The molecule has 1 aliphatic rings. The van der Waals surface area contributed by atoms with Gasteiger partial charge in [0.2, 0.25) is 5.76 Å². The zero-order valence-corrected chi connectivity index (χ0v) is 8.68. The van der Waals surface area contributed by atoms with Gasteiger partial charge in [-0.25, -0.2) is 4.79 Å². The first-order valence-corrected chi connectivity index (χ1v) is 5.18. The molecule has 1 aliphatic heterocycles. The minimum absolute atomic E-state index is 0.000648. The molecular weight excluding hydrogens is 212 g/mol. The van der Waals surface area contributed by atoms with Gasteiger partial charge in [0, 0.05) is 19.2 Å². The van der Waals surface area contributed by atoms with Gasteiger partial charge in [-0.1, -0.05) is 5.16 Å². The highest BCUT2D eigenvalue weighted by atomic mass is 16.5. The minimum atomic E-state index is -1.19. The molecule has 6 heteroatoms. The number of aromatic carboxylic acids is 1. The van der Waals surface area contributed by atoms with E-state index in [4.69, 9.17) is 9.63 Å². The Labute approximate surface area is 91.8 Å². The molecule has 6 nitrogen and oxygen atoms in total. The number of carbonyl (C=O) groups excluding carboxylic acids is 1.